The molecule has 0 saturated carbocycles. The van der Waals surface area contributed by atoms with Crippen molar-refractivity contribution < 1.29 is 8.95 Å². The van der Waals surface area contributed by atoms with Crippen molar-refractivity contribution in [3.05, 3.63) is 36.9 Å². The van der Waals surface area contributed by atoms with E-state index < -0.39 is 16.6 Å². The number of hydrogen-bond donors (Lipinski definition) is 1. The molecule has 1 N–H and O–H groups in total. The summed E-state index contributed by atoms with van der Waals surface area (Å²) in [6, 6.07) is 7.34. The van der Waals surface area contributed by atoms with E-state index in [9.17, 15) is 4.21 Å². The molecule has 0 aliphatic carbocycles. The molecule has 1 aromatic carbocycles. The molecule has 112 valence electrons. The van der Waals surface area contributed by atoms with Crippen molar-refractivity contribution in [2.24, 2.45) is 0 Å². The summed E-state index contributed by atoms with van der Waals surface area (Å²) in [6.45, 7) is 10.6. The summed E-state index contributed by atoms with van der Waals surface area (Å²) >= 11 is 0. The van der Waals surface area contributed by atoms with Gasteiger partial charge >= 0.3 is 0 Å². The summed E-state index contributed by atoms with van der Waals surface area (Å²) in [5, 5.41) is 0. The van der Waals surface area contributed by atoms with Gasteiger partial charge in [-0.3, -0.25) is 0 Å². The maximum absolute atomic E-state index is 12.0. The lowest BCUT2D eigenvalue weighted by molar-refractivity contribution is 0.162. The molecular weight excluding hydrogens is 270 g/mol. The first-order valence-electron chi connectivity index (χ1n) is 7.06. The van der Waals surface area contributed by atoms with E-state index in [1.54, 1.807) is 6.08 Å². The van der Waals surface area contributed by atoms with Gasteiger partial charge in [-0.25, -0.2) is 8.93 Å². The molecule has 1 rings (SSSR count). The van der Waals surface area contributed by atoms with Gasteiger partial charge in [0.25, 0.3) is 0 Å². The van der Waals surface area contributed by atoms with Crippen molar-refractivity contribution in [2.75, 3.05) is 6.54 Å². The SMILES string of the molecule is C=CC(C)(C)Oc1ccc(S(=O)NCCCCC)cc1. The van der Waals surface area contributed by atoms with Crippen LogP contribution in [0.15, 0.2) is 41.8 Å². The van der Waals surface area contributed by atoms with E-state index in [-0.39, 0.29) is 0 Å². The predicted molar refractivity (Wildman–Crippen MR) is 85.3 cm³/mol. The molecule has 0 aromatic heterocycles. The Labute approximate surface area is 125 Å². The summed E-state index contributed by atoms with van der Waals surface area (Å²) in [7, 11) is -1.15. The van der Waals surface area contributed by atoms with Crippen molar-refractivity contribution >= 4 is 11.0 Å². The Balaban J connectivity index is 2.53. The van der Waals surface area contributed by atoms with Crippen LogP contribution in [0.25, 0.3) is 0 Å². The van der Waals surface area contributed by atoms with Crippen LogP contribution in [0.3, 0.4) is 0 Å². The molecule has 0 spiro atoms. The van der Waals surface area contributed by atoms with E-state index in [2.05, 4.69) is 18.2 Å². The first-order chi connectivity index (χ1) is 9.48. The summed E-state index contributed by atoms with van der Waals surface area (Å²) in [5.41, 5.74) is -0.404. The van der Waals surface area contributed by atoms with Gasteiger partial charge in [-0.1, -0.05) is 26.3 Å². The Bertz CT molecular complexity index is 440. The molecule has 0 aliphatic rings. The highest BCUT2D eigenvalue weighted by molar-refractivity contribution is 7.83. The first kappa shape index (κ1) is 16.9. The fraction of sp³-hybridized carbons (Fsp3) is 0.500. The lowest BCUT2D eigenvalue weighted by atomic mass is 10.1. The van der Waals surface area contributed by atoms with Crippen molar-refractivity contribution in [3.8, 4) is 5.75 Å². The maximum atomic E-state index is 12.0. The van der Waals surface area contributed by atoms with E-state index >= 15 is 0 Å². The summed E-state index contributed by atoms with van der Waals surface area (Å²) in [5.74, 6) is 0.752. The topological polar surface area (TPSA) is 38.3 Å². The second-order valence-electron chi connectivity index (χ2n) is 5.25. The zero-order valence-electron chi connectivity index (χ0n) is 12.6. The molecule has 0 radical (unpaired) electrons. The zero-order valence-corrected chi connectivity index (χ0v) is 13.5. The van der Waals surface area contributed by atoms with Crippen LogP contribution in [0.5, 0.6) is 5.75 Å². The third-order valence-electron chi connectivity index (χ3n) is 2.92. The Morgan fingerprint density at radius 3 is 2.50 bits per heavy atom. The summed E-state index contributed by atoms with van der Waals surface area (Å²) in [6.07, 6.45) is 5.14. The van der Waals surface area contributed by atoms with Gasteiger partial charge in [0.2, 0.25) is 0 Å². The molecule has 0 aliphatic heterocycles. The van der Waals surface area contributed by atoms with Crippen molar-refractivity contribution in [3.63, 3.8) is 0 Å². The fourth-order valence-electron chi connectivity index (χ4n) is 1.60. The second-order valence-corrected chi connectivity index (χ2v) is 6.55. The van der Waals surface area contributed by atoms with Crippen LogP contribution in [0.2, 0.25) is 0 Å². The van der Waals surface area contributed by atoms with Crippen LogP contribution < -0.4 is 9.46 Å². The molecular formula is C16H25NO2S. The van der Waals surface area contributed by atoms with Gasteiger partial charge < -0.3 is 4.74 Å². The lowest BCUT2D eigenvalue weighted by Gasteiger charge is -2.22. The van der Waals surface area contributed by atoms with E-state index in [1.165, 1.54) is 6.42 Å². The highest BCUT2D eigenvalue weighted by Crippen LogP contribution is 2.20. The molecule has 0 fully saturated rings. The quantitative estimate of drug-likeness (QED) is 0.555. The Morgan fingerprint density at radius 2 is 1.95 bits per heavy atom. The molecule has 1 aromatic rings. The normalized spacial score (nSPS) is 12.9. The molecule has 0 amide bonds. The van der Waals surface area contributed by atoms with E-state index in [4.69, 9.17) is 4.74 Å². The first-order valence-corrected chi connectivity index (χ1v) is 8.21. The highest BCUT2D eigenvalue weighted by Gasteiger charge is 2.14. The van der Waals surface area contributed by atoms with Crippen LogP contribution in [0.4, 0.5) is 0 Å². The minimum absolute atomic E-state index is 0.404. The maximum Gasteiger partial charge on any atom is 0.124 e. The van der Waals surface area contributed by atoms with E-state index in [0.717, 1.165) is 30.0 Å². The number of benzene rings is 1. The number of unbranched alkanes of at least 4 members (excludes halogenated alkanes) is 2. The molecule has 0 heterocycles. The van der Waals surface area contributed by atoms with Crippen molar-refractivity contribution in [1.29, 1.82) is 0 Å². The van der Waals surface area contributed by atoms with Crippen LogP contribution >= 0.6 is 0 Å². The van der Waals surface area contributed by atoms with Crippen LogP contribution in [0.1, 0.15) is 40.0 Å². The minimum atomic E-state index is -1.15. The molecule has 1 atom stereocenters. The molecule has 0 saturated heterocycles. The van der Waals surface area contributed by atoms with Gasteiger partial charge in [0.05, 0.1) is 4.90 Å². The Morgan fingerprint density at radius 1 is 1.30 bits per heavy atom. The molecule has 3 nitrogen and oxygen atoms in total. The van der Waals surface area contributed by atoms with Gasteiger partial charge in [0.1, 0.15) is 22.3 Å². The minimum Gasteiger partial charge on any atom is -0.484 e. The monoisotopic (exact) mass is 295 g/mol. The van der Waals surface area contributed by atoms with Crippen LogP contribution in [-0.4, -0.2) is 16.4 Å². The van der Waals surface area contributed by atoms with Gasteiger partial charge in [0.15, 0.2) is 0 Å². The van der Waals surface area contributed by atoms with E-state index in [1.807, 2.05) is 38.1 Å². The van der Waals surface area contributed by atoms with Crippen LogP contribution in [-0.2, 0) is 11.0 Å². The number of ether oxygens (including phenoxy) is 1. The molecule has 20 heavy (non-hydrogen) atoms. The Kier molecular flexibility index (Phi) is 6.96. The third-order valence-corrected chi connectivity index (χ3v) is 4.09. The predicted octanol–water partition coefficient (Wildman–Crippen LogP) is 3.83. The molecule has 0 bridgehead atoms. The van der Waals surface area contributed by atoms with Crippen LogP contribution in [0, 0.1) is 0 Å². The smallest absolute Gasteiger partial charge is 0.124 e. The van der Waals surface area contributed by atoms with Gasteiger partial charge in [-0.15, -0.1) is 0 Å². The standard InChI is InChI=1S/C16H25NO2S/c1-5-7-8-13-17-20(18)15-11-9-14(10-12-15)19-16(3,4)6-2/h6,9-12,17H,2,5,7-8,13H2,1,3-4H3. The number of nitrogens with one attached hydrogen (secondary N) is 1. The Hall–Kier alpha value is -1.13. The summed E-state index contributed by atoms with van der Waals surface area (Å²) in [4.78, 5) is 0.769. The lowest BCUT2D eigenvalue weighted by Crippen LogP contribution is -2.24. The number of rotatable bonds is 9. The van der Waals surface area contributed by atoms with Gasteiger partial charge in [0, 0.05) is 6.54 Å². The van der Waals surface area contributed by atoms with Crippen molar-refractivity contribution in [2.45, 2.75) is 50.5 Å². The van der Waals surface area contributed by atoms with E-state index in [0.29, 0.717) is 0 Å². The molecule has 1 unspecified atom stereocenters. The fourth-order valence-corrected chi connectivity index (χ4v) is 2.48. The average Bonchev–Trinajstić information content (AvgIpc) is 2.44. The summed E-state index contributed by atoms with van der Waals surface area (Å²) < 4.78 is 20.8. The zero-order chi connectivity index (χ0) is 15.0. The largest absolute Gasteiger partial charge is 0.484 e. The molecule has 4 heteroatoms. The van der Waals surface area contributed by atoms with Crippen molar-refractivity contribution in [1.82, 2.24) is 4.72 Å². The van der Waals surface area contributed by atoms with Gasteiger partial charge in [-0.05, 0) is 50.6 Å². The second kappa shape index (κ2) is 8.22. The average molecular weight is 295 g/mol. The number of hydrogen-bond acceptors (Lipinski definition) is 2. The third kappa shape index (κ3) is 5.88. The van der Waals surface area contributed by atoms with Gasteiger partial charge in [-0.2, -0.15) is 0 Å². The highest BCUT2D eigenvalue weighted by atomic mass is 32.2.